The molecule has 0 spiro atoms. The van der Waals surface area contributed by atoms with Gasteiger partial charge in [-0.15, -0.1) is 13.2 Å². The van der Waals surface area contributed by atoms with E-state index in [1.807, 2.05) is 0 Å². The summed E-state index contributed by atoms with van der Waals surface area (Å²) < 4.78 is 89.3. The van der Waals surface area contributed by atoms with Crippen molar-refractivity contribution >= 4 is 70.4 Å². The van der Waals surface area contributed by atoms with Crippen LogP contribution in [0.15, 0.2) is 24.6 Å². The third-order valence-electron chi connectivity index (χ3n) is 8.10. The maximum atomic E-state index is 7.49. The minimum atomic E-state index is -4.00. The van der Waals surface area contributed by atoms with Crippen LogP contribution in [0.2, 0.25) is 36.3 Å². The van der Waals surface area contributed by atoms with E-state index in [2.05, 4.69) is 96.2 Å². The topological polar surface area (TPSA) is 111 Å². The summed E-state index contributed by atoms with van der Waals surface area (Å²) >= 11 is 0. The highest BCUT2D eigenvalue weighted by molar-refractivity contribution is 7.04. The molecule has 6 fully saturated rings. The molecule has 6 aliphatic heterocycles. The van der Waals surface area contributed by atoms with Crippen LogP contribution in [-0.2, 0) is 49.4 Å². The second-order valence-corrected chi connectivity index (χ2v) is 40.2. The predicted octanol–water partition coefficient (Wildman–Crippen LogP) is 7.15. The Hall–Kier alpha value is 0.735. The highest BCUT2D eigenvalue weighted by Gasteiger charge is 2.83. The molecule has 0 unspecified atom stereocenters. The van der Waals surface area contributed by atoms with Crippen LogP contribution in [0.3, 0.4) is 0 Å². The second-order valence-electron chi connectivity index (χ2n) is 16.5. The Labute approximate surface area is 298 Å². The Kier molecular flexibility index (Phi) is 11.5. The largest absolute Gasteiger partial charge is 0.506 e. The molecule has 0 aromatic carbocycles. The Morgan fingerprint density at radius 1 is 0.312 bits per heavy atom. The third-order valence-corrected chi connectivity index (χ3v) is 46.2. The monoisotopic (exact) mass is 812 g/mol. The zero-order valence-electron chi connectivity index (χ0n) is 31.2. The van der Waals surface area contributed by atoms with Crippen LogP contribution in [0.5, 0.6) is 0 Å². The van der Waals surface area contributed by atoms with Crippen molar-refractivity contribution in [3.8, 4) is 0 Å². The standard InChI is InChI=1S/C28H60O12Si8/c1-15-41-29-43(17-23(3)4)35-46(20-26(9)10)32-42(16-2)33-47(36-43,21-27(11)12)38-45(31-41,19-25(7)8)40-48(34-42,22-28(13)14)39-44(30-41,37-46)18-24(5)6/h15-16,23-28H,1-2,17-22H2,3-14H3. The van der Waals surface area contributed by atoms with Crippen LogP contribution in [0, 0.1) is 35.5 Å². The molecule has 276 valence electrons. The molecule has 6 saturated heterocycles. The maximum Gasteiger partial charge on any atom is 0.506 e. The van der Waals surface area contributed by atoms with Crippen LogP contribution in [-0.4, -0.2) is 70.4 Å². The van der Waals surface area contributed by atoms with Crippen LogP contribution < -0.4 is 0 Å². The first-order valence-corrected chi connectivity index (χ1v) is 33.0. The Bertz CT molecular complexity index is 972. The Morgan fingerprint density at radius 2 is 0.458 bits per heavy atom. The molecule has 0 saturated carbocycles. The van der Waals surface area contributed by atoms with E-state index in [0.29, 0.717) is 36.3 Å². The van der Waals surface area contributed by atoms with Gasteiger partial charge in [0.2, 0.25) is 0 Å². The zero-order chi connectivity index (χ0) is 35.6. The number of hydrogen-bond donors (Lipinski definition) is 0. The molecule has 8 bridgehead atoms. The van der Waals surface area contributed by atoms with Crippen LogP contribution >= 0.6 is 0 Å². The van der Waals surface area contributed by atoms with Gasteiger partial charge in [0.25, 0.3) is 0 Å². The first-order chi connectivity index (χ1) is 22.1. The maximum absolute atomic E-state index is 7.49. The van der Waals surface area contributed by atoms with Gasteiger partial charge >= 0.3 is 70.4 Å². The lowest BCUT2D eigenvalue weighted by atomic mass is 10.3. The van der Waals surface area contributed by atoms with Gasteiger partial charge < -0.3 is 49.4 Å². The van der Waals surface area contributed by atoms with E-state index in [9.17, 15) is 0 Å². The SMILES string of the molecule is C=C[Si]12O[Si]3(CC(C)C)O[Si]4(CC(C)C)O[Si]5(C=C)O[Si](CC(C)C)(O3)O[Si](CC(C)C)(O1)O[Si](CC(C)C)(O5)O[Si](CC(C)C)(O2)O4. The van der Waals surface area contributed by atoms with E-state index in [-0.39, 0.29) is 35.5 Å². The molecule has 6 aliphatic rings. The summed E-state index contributed by atoms with van der Waals surface area (Å²) in [7, 11) is -31.3. The van der Waals surface area contributed by atoms with Crippen molar-refractivity contribution in [1.29, 1.82) is 0 Å². The summed E-state index contributed by atoms with van der Waals surface area (Å²) in [6.07, 6.45) is 0. The minimum absolute atomic E-state index is 0.107. The van der Waals surface area contributed by atoms with Gasteiger partial charge in [-0.1, -0.05) is 83.1 Å². The molecule has 0 amide bonds. The second kappa shape index (κ2) is 13.9. The molecule has 0 atom stereocenters. The Balaban J connectivity index is 1.93. The van der Waals surface area contributed by atoms with E-state index in [4.69, 9.17) is 49.4 Å². The van der Waals surface area contributed by atoms with Crippen molar-refractivity contribution < 1.29 is 49.4 Å². The fourth-order valence-corrected chi connectivity index (χ4v) is 56.0. The van der Waals surface area contributed by atoms with Gasteiger partial charge in [-0.25, -0.2) is 0 Å². The quantitative estimate of drug-likeness (QED) is 0.166. The molecule has 0 radical (unpaired) electrons. The normalized spacial score (nSPS) is 44.0. The molecule has 6 heterocycles. The average Bonchev–Trinajstić information content (AvgIpc) is 2.81. The van der Waals surface area contributed by atoms with Crippen LogP contribution in [0.4, 0.5) is 0 Å². The fraction of sp³-hybridized carbons (Fsp3) is 0.857. The molecule has 0 aromatic heterocycles. The van der Waals surface area contributed by atoms with Gasteiger partial charge in [0.15, 0.2) is 0 Å². The first-order valence-electron chi connectivity index (χ1n) is 17.8. The van der Waals surface area contributed by atoms with Gasteiger partial charge in [0, 0.05) is 36.3 Å². The summed E-state index contributed by atoms with van der Waals surface area (Å²) in [6, 6.07) is 2.64. The van der Waals surface area contributed by atoms with Gasteiger partial charge in [0.1, 0.15) is 0 Å². The van der Waals surface area contributed by atoms with E-state index < -0.39 is 70.4 Å². The molecular weight excluding hydrogens is 753 g/mol. The Morgan fingerprint density at radius 3 is 0.562 bits per heavy atom. The highest BCUT2D eigenvalue weighted by atomic mass is 28.6. The van der Waals surface area contributed by atoms with E-state index in [1.54, 1.807) is 11.4 Å². The van der Waals surface area contributed by atoms with Crippen molar-refractivity contribution in [3.63, 3.8) is 0 Å². The lowest BCUT2D eigenvalue weighted by Gasteiger charge is -2.63. The van der Waals surface area contributed by atoms with Gasteiger partial charge in [0.05, 0.1) is 0 Å². The number of rotatable bonds is 14. The smallest absolute Gasteiger partial charge is 0.373 e. The summed E-state index contributed by atoms with van der Waals surface area (Å²) in [5, 5.41) is 0. The van der Waals surface area contributed by atoms with Crippen molar-refractivity contribution in [2.45, 2.75) is 119 Å². The molecule has 0 aliphatic carbocycles. The lowest BCUT2D eigenvalue weighted by Crippen LogP contribution is -2.88. The van der Waals surface area contributed by atoms with Crippen molar-refractivity contribution in [2.75, 3.05) is 0 Å². The average molecular weight is 813 g/mol. The molecule has 0 aromatic rings. The molecule has 0 N–H and O–H groups in total. The summed E-state index contributed by atoms with van der Waals surface area (Å²) in [4.78, 5) is 0. The van der Waals surface area contributed by atoms with E-state index in [0.717, 1.165) is 0 Å². The minimum Gasteiger partial charge on any atom is -0.373 e. The van der Waals surface area contributed by atoms with Gasteiger partial charge in [-0.3, -0.25) is 0 Å². The van der Waals surface area contributed by atoms with Crippen molar-refractivity contribution in [2.24, 2.45) is 35.5 Å². The molecule has 6 rings (SSSR count). The summed E-state index contributed by atoms with van der Waals surface area (Å²) in [5.41, 5.74) is 3.33. The van der Waals surface area contributed by atoms with Crippen molar-refractivity contribution in [1.82, 2.24) is 0 Å². The summed E-state index contributed by atoms with van der Waals surface area (Å²) in [6.45, 7) is 34.0. The van der Waals surface area contributed by atoms with Crippen molar-refractivity contribution in [3.05, 3.63) is 24.6 Å². The molecule has 20 heteroatoms. The molecule has 12 nitrogen and oxygen atoms in total. The number of hydrogen-bond acceptors (Lipinski definition) is 12. The predicted molar refractivity (Wildman–Crippen MR) is 197 cm³/mol. The van der Waals surface area contributed by atoms with Gasteiger partial charge in [-0.05, 0) is 46.9 Å². The van der Waals surface area contributed by atoms with Crippen LogP contribution in [0.1, 0.15) is 83.1 Å². The molecular formula is C28H60O12Si8. The molecule has 48 heavy (non-hydrogen) atoms. The van der Waals surface area contributed by atoms with E-state index in [1.165, 1.54) is 0 Å². The lowest BCUT2D eigenvalue weighted by molar-refractivity contribution is -0.0277. The summed E-state index contributed by atoms with van der Waals surface area (Å²) in [5.74, 6) is 0.641. The highest BCUT2D eigenvalue weighted by Crippen LogP contribution is 2.54. The van der Waals surface area contributed by atoms with Crippen LogP contribution in [0.25, 0.3) is 0 Å². The third kappa shape index (κ3) is 8.27. The zero-order valence-corrected chi connectivity index (χ0v) is 39.2. The fourth-order valence-electron chi connectivity index (χ4n) is 7.22. The van der Waals surface area contributed by atoms with Gasteiger partial charge in [-0.2, -0.15) is 0 Å². The first kappa shape index (κ1) is 39.9. The van der Waals surface area contributed by atoms with E-state index >= 15 is 0 Å².